The molecule has 5 heteroatoms. The number of benzene rings is 3. The summed E-state index contributed by atoms with van der Waals surface area (Å²) >= 11 is 6.32. The zero-order valence-corrected chi connectivity index (χ0v) is 20.2. The second kappa shape index (κ2) is 9.29. The van der Waals surface area contributed by atoms with Gasteiger partial charge in [0, 0.05) is 39.6 Å². The van der Waals surface area contributed by atoms with Gasteiger partial charge in [-0.3, -0.25) is 4.98 Å². The summed E-state index contributed by atoms with van der Waals surface area (Å²) in [5.41, 5.74) is 12.6. The van der Waals surface area contributed by atoms with E-state index >= 15 is 0 Å². The number of para-hydroxylation sites is 1. The SMILES string of the molecule is NC1CCC(N(c2ccnc3cc(Cl)ccc23)c2cc(-c3ccccc3)nc3ccccc23)CC1. The van der Waals surface area contributed by atoms with E-state index < -0.39 is 0 Å². The number of aromatic nitrogens is 2. The van der Waals surface area contributed by atoms with Crippen LogP contribution in [0.25, 0.3) is 33.1 Å². The molecule has 174 valence electrons. The van der Waals surface area contributed by atoms with Crippen molar-refractivity contribution in [3.05, 3.63) is 96.1 Å². The summed E-state index contributed by atoms with van der Waals surface area (Å²) in [6, 6.07) is 29.8. The van der Waals surface area contributed by atoms with Crippen LogP contribution in [-0.4, -0.2) is 22.1 Å². The molecule has 3 aromatic carbocycles. The second-order valence-corrected chi connectivity index (χ2v) is 9.78. The Kier molecular flexibility index (Phi) is 5.85. The van der Waals surface area contributed by atoms with Crippen molar-refractivity contribution >= 4 is 44.8 Å². The van der Waals surface area contributed by atoms with Crippen molar-refractivity contribution in [2.45, 2.75) is 37.8 Å². The van der Waals surface area contributed by atoms with E-state index in [1.807, 2.05) is 24.4 Å². The molecule has 0 aliphatic heterocycles. The van der Waals surface area contributed by atoms with Gasteiger partial charge in [-0.15, -0.1) is 0 Å². The van der Waals surface area contributed by atoms with E-state index in [0.717, 1.165) is 70.1 Å². The van der Waals surface area contributed by atoms with Crippen LogP contribution >= 0.6 is 11.6 Å². The number of pyridine rings is 2. The maximum atomic E-state index is 6.32. The molecule has 0 saturated heterocycles. The van der Waals surface area contributed by atoms with Crippen molar-refractivity contribution in [2.24, 2.45) is 5.73 Å². The van der Waals surface area contributed by atoms with Crippen LogP contribution in [0.15, 0.2) is 91.1 Å². The van der Waals surface area contributed by atoms with Gasteiger partial charge in [0.1, 0.15) is 0 Å². The summed E-state index contributed by atoms with van der Waals surface area (Å²) < 4.78 is 0. The van der Waals surface area contributed by atoms with Gasteiger partial charge in [0.05, 0.1) is 28.1 Å². The number of anilines is 2. The number of halogens is 1. The van der Waals surface area contributed by atoms with Crippen LogP contribution in [0.4, 0.5) is 11.4 Å². The van der Waals surface area contributed by atoms with Gasteiger partial charge < -0.3 is 10.6 Å². The van der Waals surface area contributed by atoms with Crippen molar-refractivity contribution < 1.29 is 0 Å². The van der Waals surface area contributed by atoms with E-state index in [9.17, 15) is 0 Å². The first kappa shape index (κ1) is 22.0. The third-order valence-electron chi connectivity index (χ3n) is 7.07. The van der Waals surface area contributed by atoms with Gasteiger partial charge in [-0.2, -0.15) is 0 Å². The number of hydrogen-bond donors (Lipinski definition) is 1. The Hall–Kier alpha value is -3.47. The molecular formula is C30H27ClN4. The highest BCUT2D eigenvalue weighted by atomic mass is 35.5. The van der Waals surface area contributed by atoms with Crippen molar-refractivity contribution in [2.75, 3.05) is 4.90 Å². The minimum absolute atomic E-state index is 0.273. The highest BCUT2D eigenvalue weighted by Crippen LogP contribution is 2.42. The molecule has 2 N–H and O–H groups in total. The number of nitrogens with zero attached hydrogens (tertiary/aromatic N) is 3. The Morgan fingerprint density at radius 2 is 1.49 bits per heavy atom. The summed E-state index contributed by atoms with van der Waals surface area (Å²) in [7, 11) is 0. The lowest BCUT2D eigenvalue weighted by atomic mass is 9.89. The molecular weight excluding hydrogens is 452 g/mol. The number of hydrogen-bond acceptors (Lipinski definition) is 4. The zero-order valence-electron chi connectivity index (χ0n) is 19.4. The predicted octanol–water partition coefficient (Wildman–Crippen LogP) is 7.51. The molecule has 4 nitrogen and oxygen atoms in total. The smallest absolute Gasteiger partial charge is 0.0737 e. The van der Waals surface area contributed by atoms with Crippen LogP contribution in [-0.2, 0) is 0 Å². The topological polar surface area (TPSA) is 55.0 Å². The van der Waals surface area contributed by atoms with E-state index in [1.165, 1.54) is 0 Å². The van der Waals surface area contributed by atoms with Crippen LogP contribution in [0.3, 0.4) is 0 Å². The molecule has 1 aliphatic rings. The Morgan fingerprint density at radius 3 is 2.31 bits per heavy atom. The molecule has 0 amide bonds. The first-order valence-corrected chi connectivity index (χ1v) is 12.6. The molecule has 5 aromatic rings. The standard InChI is InChI=1S/C30H27ClN4/c31-21-10-15-25-28(18-21)33-17-16-29(25)35(23-13-11-22(32)12-14-23)30-19-27(20-6-2-1-3-7-20)34-26-9-5-4-8-24(26)30/h1-10,15-19,22-23H,11-14,32H2. The highest BCUT2D eigenvalue weighted by Gasteiger charge is 2.28. The predicted molar refractivity (Wildman–Crippen MR) is 146 cm³/mol. The Balaban J connectivity index is 1.62. The minimum atomic E-state index is 0.273. The van der Waals surface area contributed by atoms with Crippen molar-refractivity contribution in [1.29, 1.82) is 0 Å². The molecule has 35 heavy (non-hydrogen) atoms. The molecule has 1 aliphatic carbocycles. The third-order valence-corrected chi connectivity index (χ3v) is 7.31. The highest BCUT2D eigenvalue weighted by molar-refractivity contribution is 6.31. The van der Waals surface area contributed by atoms with Crippen molar-refractivity contribution in [3.63, 3.8) is 0 Å². The second-order valence-electron chi connectivity index (χ2n) is 9.34. The molecule has 0 bridgehead atoms. The summed E-state index contributed by atoms with van der Waals surface area (Å²) in [6.07, 6.45) is 6.00. The Labute approximate surface area is 210 Å². The fourth-order valence-corrected chi connectivity index (χ4v) is 5.48. The minimum Gasteiger partial charge on any atom is -0.337 e. The largest absolute Gasteiger partial charge is 0.337 e. The zero-order chi connectivity index (χ0) is 23.8. The van der Waals surface area contributed by atoms with E-state index in [2.05, 4.69) is 76.6 Å². The Morgan fingerprint density at radius 1 is 0.743 bits per heavy atom. The lowest BCUT2D eigenvalue weighted by Gasteiger charge is -2.39. The average molecular weight is 479 g/mol. The molecule has 2 aromatic heterocycles. The van der Waals surface area contributed by atoms with Gasteiger partial charge in [-0.05, 0) is 62.1 Å². The number of rotatable bonds is 4. The molecule has 0 radical (unpaired) electrons. The van der Waals surface area contributed by atoms with Gasteiger partial charge in [0.25, 0.3) is 0 Å². The summed E-state index contributed by atoms with van der Waals surface area (Å²) in [5, 5.41) is 2.92. The normalized spacial score (nSPS) is 18.1. The molecule has 2 heterocycles. The lowest BCUT2D eigenvalue weighted by Crippen LogP contribution is -2.38. The molecule has 0 unspecified atom stereocenters. The van der Waals surface area contributed by atoms with Crippen LogP contribution < -0.4 is 10.6 Å². The monoisotopic (exact) mass is 478 g/mol. The van der Waals surface area contributed by atoms with E-state index in [-0.39, 0.29) is 6.04 Å². The van der Waals surface area contributed by atoms with Crippen LogP contribution in [0.1, 0.15) is 25.7 Å². The Bertz CT molecular complexity index is 1490. The van der Waals surface area contributed by atoms with E-state index in [0.29, 0.717) is 11.1 Å². The van der Waals surface area contributed by atoms with Gasteiger partial charge in [0.15, 0.2) is 0 Å². The lowest BCUT2D eigenvalue weighted by molar-refractivity contribution is 0.391. The summed E-state index contributed by atoms with van der Waals surface area (Å²) in [6.45, 7) is 0. The molecule has 1 saturated carbocycles. The maximum absolute atomic E-state index is 6.32. The molecule has 1 fully saturated rings. The molecule has 6 rings (SSSR count). The van der Waals surface area contributed by atoms with E-state index in [4.69, 9.17) is 22.3 Å². The summed E-state index contributed by atoms with van der Waals surface area (Å²) in [5.74, 6) is 0. The molecule has 0 spiro atoms. The van der Waals surface area contributed by atoms with Gasteiger partial charge >= 0.3 is 0 Å². The third kappa shape index (κ3) is 4.24. The van der Waals surface area contributed by atoms with Crippen molar-refractivity contribution in [3.8, 4) is 11.3 Å². The van der Waals surface area contributed by atoms with E-state index in [1.54, 1.807) is 0 Å². The quantitative estimate of drug-likeness (QED) is 0.290. The number of nitrogens with two attached hydrogens (primary N) is 1. The summed E-state index contributed by atoms with van der Waals surface area (Å²) in [4.78, 5) is 12.2. The fourth-order valence-electron chi connectivity index (χ4n) is 5.31. The van der Waals surface area contributed by atoms with Gasteiger partial charge in [-0.1, -0.05) is 60.1 Å². The van der Waals surface area contributed by atoms with Crippen LogP contribution in [0, 0.1) is 0 Å². The first-order chi connectivity index (χ1) is 17.2. The van der Waals surface area contributed by atoms with Gasteiger partial charge in [0.2, 0.25) is 0 Å². The fraction of sp³-hybridized carbons (Fsp3) is 0.200. The number of fused-ring (bicyclic) bond motifs is 2. The van der Waals surface area contributed by atoms with Crippen LogP contribution in [0.5, 0.6) is 0 Å². The van der Waals surface area contributed by atoms with Crippen LogP contribution in [0.2, 0.25) is 5.02 Å². The first-order valence-electron chi connectivity index (χ1n) is 12.2. The maximum Gasteiger partial charge on any atom is 0.0737 e. The van der Waals surface area contributed by atoms with Crippen molar-refractivity contribution in [1.82, 2.24) is 9.97 Å². The molecule has 0 atom stereocenters. The average Bonchev–Trinajstić information content (AvgIpc) is 2.90. The van der Waals surface area contributed by atoms with Gasteiger partial charge in [-0.25, -0.2) is 4.98 Å².